The second kappa shape index (κ2) is 10.6. The standard InChI is InChI=1S/C27H29N3O5/c1-34-22-11-7-19(8-12-22)17-24(25(31)29-33)30-16-15-27(28,26(30)32)21-9-13-23(14-10-21)35-18-20-5-3-2-4-6-20/h2-14,24,33H,15-18,28H2,1H3,(H,29,31). The number of hydrogen-bond donors (Lipinski definition) is 3. The minimum atomic E-state index is -1.27. The van der Waals surface area contributed by atoms with Gasteiger partial charge in [-0.2, -0.15) is 0 Å². The summed E-state index contributed by atoms with van der Waals surface area (Å²) in [5.74, 6) is 0.326. The maximum atomic E-state index is 13.5. The number of amides is 2. The Morgan fingerprint density at radius 3 is 2.31 bits per heavy atom. The zero-order valence-corrected chi connectivity index (χ0v) is 19.5. The van der Waals surface area contributed by atoms with Crippen LogP contribution in [-0.4, -0.2) is 41.6 Å². The number of hydroxylamine groups is 1. The van der Waals surface area contributed by atoms with Gasteiger partial charge in [0.15, 0.2) is 0 Å². The van der Waals surface area contributed by atoms with Crippen molar-refractivity contribution in [2.24, 2.45) is 5.73 Å². The minimum absolute atomic E-state index is 0.227. The lowest BCUT2D eigenvalue weighted by Crippen LogP contribution is -2.52. The van der Waals surface area contributed by atoms with E-state index in [0.29, 0.717) is 30.1 Å². The van der Waals surface area contributed by atoms with Crippen LogP contribution in [0.15, 0.2) is 78.9 Å². The molecule has 1 saturated heterocycles. The summed E-state index contributed by atoms with van der Waals surface area (Å²) >= 11 is 0. The molecule has 8 heteroatoms. The average Bonchev–Trinajstić information content (AvgIpc) is 3.21. The first-order chi connectivity index (χ1) is 16.9. The number of carbonyl (C=O) groups is 2. The molecular weight excluding hydrogens is 446 g/mol. The zero-order chi connectivity index (χ0) is 24.8. The summed E-state index contributed by atoms with van der Waals surface area (Å²) in [5.41, 5.74) is 9.54. The molecule has 0 aliphatic carbocycles. The number of nitrogens with two attached hydrogens (primary N) is 1. The van der Waals surface area contributed by atoms with Crippen molar-refractivity contribution < 1.29 is 24.3 Å². The van der Waals surface area contributed by atoms with Crippen LogP contribution in [-0.2, 0) is 28.2 Å². The number of hydrogen-bond acceptors (Lipinski definition) is 6. The quantitative estimate of drug-likeness (QED) is 0.324. The smallest absolute Gasteiger partial charge is 0.266 e. The average molecular weight is 476 g/mol. The van der Waals surface area contributed by atoms with Crippen LogP contribution in [0, 0.1) is 0 Å². The Morgan fingerprint density at radius 2 is 1.69 bits per heavy atom. The number of methoxy groups -OCH3 is 1. The first-order valence-electron chi connectivity index (χ1n) is 11.4. The fraction of sp³-hybridized carbons (Fsp3) is 0.259. The summed E-state index contributed by atoms with van der Waals surface area (Å²) in [7, 11) is 1.57. The van der Waals surface area contributed by atoms with Gasteiger partial charge in [0.05, 0.1) is 7.11 Å². The highest BCUT2D eigenvalue weighted by Gasteiger charge is 2.48. The molecule has 3 aromatic rings. The zero-order valence-electron chi connectivity index (χ0n) is 19.5. The predicted molar refractivity (Wildman–Crippen MR) is 130 cm³/mol. The van der Waals surface area contributed by atoms with E-state index in [-0.39, 0.29) is 18.9 Å². The van der Waals surface area contributed by atoms with E-state index in [1.165, 1.54) is 4.90 Å². The molecule has 0 saturated carbocycles. The number of carbonyl (C=O) groups excluding carboxylic acids is 2. The van der Waals surface area contributed by atoms with Crippen molar-refractivity contribution in [3.8, 4) is 11.5 Å². The molecule has 35 heavy (non-hydrogen) atoms. The van der Waals surface area contributed by atoms with Crippen molar-refractivity contribution >= 4 is 11.8 Å². The van der Waals surface area contributed by atoms with Crippen molar-refractivity contribution in [2.45, 2.75) is 31.0 Å². The van der Waals surface area contributed by atoms with E-state index < -0.39 is 17.5 Å². The largest absolute Gasteiger partial charge is 0.497 e. The molecule has 4 rings (SSSR count). The Hall–Kier alpha value is -3.88. The summed E-state index contributed by atoms with van der Waals surface area (Å²) in [4.78, 5) is 27.4. The van der Waals surface area contributed by atoms with Crippen molar-refractivity contribution in [1.29, 1.82) is 0 Å². The van der Waals surface area contributed by atoms with Gasteiger partial charge in [-0.25, -0.2) is 5.48 Å². The summed E-state index contributed by atoms with van der Waals surface area (Å²) in [6.45, 7) is 0.722. The first kappa shape index (κ1) is 24.3. The van der Waals surface area contributed by atoms with Crippen molar-refractivity contribution in [2.75, 3.05) is 13.7 Å². The van der Waals surface area contributed by atoms with Crippen LogP contribution in [0.1, 0.15) is 23.1 Å². The Bertz CT molecular complexity index is 1150. The number of benzene rings is 3. The molecule has 3 aromatic carbocycles. The molecule has 1 aliphatic rings. The molecule has 1 fully saturated rings. The Kier molecular flexibility index (Phi) is 7.33. The molecular formula is C27H29N3O5. The molecule has 0 aromatic heterocycles. The molecule has 1 aliphatic heterocycles. The third kappa shape index (κ3) is 5.29. The Morgan fingerprint density at radius 1 is 1.03 bits per heavy atom. The molecule has 4 N–H and O–H groups in total. The van der Waals surface area contributed by atoms with Crippen molar-refractivity contribution in [3.63, 3.8) is 0 Å². The van der Waals surface area contributed by atoms with Crippen LogP contribution in [0.25, 0.3) is 0 Å². The second-order valence-corrected chi connectivity index (χ2v) is 8.56. The van der Waals surface area contributed by atoms with Gasteiger partial charge in [-0.15, -0.1) is 0 Å². The number of likely N-dealkylation sites (tertiary alicyclic amines) is 1. The SMILES string of the molecule is COc1ccc(CC(C(=O)NO)N2CCC(N)(c3ccc(OCc4ccccc4)cc3)C2=O)cc1. The van der Waals surface area contributed by atoms with Gasteiger partial charge in [-0.05, 0) is 47.4 Å². The first-order valence-corrected chi connectivity index (χ1v) is 11.4. The highest BCUT2D eigenvalue weighted by molar-refractivity contribution is 5.94. The molecule has 8 nitrogen and oxygen atoms in total. The molecule has 0 bridgehead atoms. The number of nitrogens with one attached hydrogen (secondary N) is 1. The van der Waals surface area contributed by atoms with E-state index in [9.17, 15) is 14.8 Å². The lowest BCUT2D eigenvalue weighted by Gasteiger charge is -2.29. The monoisotopic (exact) mass is 475 g/mol. The van der Waals surface area contributed by atoms with E-state index >= 15 is 0 Å². The van der Waals surface area contributed by atoms with Gasteiger partial charge in [-0.1, -0.05) is 54.6 Å². The highest BCUT2D eigenvalue weighted by atomic mass is 16.5. The Labute approximate surface area is 204 Å². The third-order valence-electron chi connectivity index (χ3n) is 6.38. The topological polar surface area (TPSA) is 114 Å². The minimum Gasteiger partial charge on any atom is -0.497 e. The van der Waals surface area contributed by atoms with E-state index in [4.69, 9.17) is 15.2 Å². The molecule has 1 heterocycles. The van der Waals surface area contributed by atoms with Crippen LogP contribution in [0.3, 0.4) is 0 Å². The highest BCUT2D eigenvalue weighted by Crippen LogP contribution is 2.34. The van der Waals surface area contributed by atoms with Crippen molar-refractivity contribution in [3.05, 3.63) is 95.6 Å². The third-order valence-corrected chi connectivity index (χ3v) is 6.38. The molecule has 0 radical (unpaired) electrons. The lowest BCUT2D eigenvalue weighted by molar-refractivity contribution is -0.144. The summed E-state index contributed by atoms with van der Waals surface area (Å²) in [6.07, 6.45) is 0.568. The summed E-state index contributed by atoms with van der Waals surface area (Å²) < 4.78 is 11.0. The molecule has 2 amide bonds. The van der Waals surface area contributed by atoms with Crippen LogP contribution in [0.4, 0.5) is 0 Å². The van der Waals surface area contributed by atoms with Gasteiger partial charge in [0.25, 0.3) is 5.91 Å². The maximum Gasteiger partial charge on any atom is 0.266 e. The van der Waals surface area contributed by atoms with Crippen LogP contribution < -0.4 is 20.7 Å². The lowest BCUT2D eigenvalue weighted by atomic mass is 9.89. The van der Waals surface area contributed by atoms with E-state index in [1.54, 1.807) is 49.0 Å². The van der Waals surface area contributed by atoms with Gasteiger partial charge in [0, 0.05) is 13.0 Å². The van der Waals surface area contributed by atoms with Crippen LogP contribution in [0.2, 0.25) is 0 Å². The van der Waals surface area contributed by atoms with Gasteiger partial charge in [0.1, 0.15) is 29.7 Å². The molecule has 2 atom stereocenters. The molecule has 2 unspecified atom stereocenters. The van der Waals surface area contributed by atoms with Gasteiger partial charge in [0.2, 0.25) is 5.91 Å². The summed E-state index contributed by atoms with van der Waals surface area (Å²) in [5, 5.41) is 9.32. The van der Waals surface area contributed by atoms with Crippen molar-refractivity contribution in [1.82, 2.24) is 10.4 Å². The van der Waals surface area contributed by atoms with E-state index in [2.05, 4.69) is 0 Å². The number of ether oxygens (including phenoxy) is 2. The van der Waals surface area contributed by atoms with E-state index in [0.717, 1.165) is 11.1 Å². The predicted octanol–water partition coefficient (Wildman–Crippen LogP) is 2.78. The fourth-order valence-electron chi connectivity index (χ4n) is 4.32. The Balaban J connectivity index is 1.47. The van der Waals surface area contributed by atoms with Gasteiger partial charge < -0.3 is 20.1 Å². The van der Waals surface area contributed by atoms with E-state index in [1.807, 2.05) is 42.5 Å². The number of rotatable bonds is 9. The summed E-state index contributed by atoms with van der Waals surface area (Å²) in [6, 6.07) is 23.3. The van der Waals surface area contributed by atoms with Gasteiger partial charge in [-0.3, -0.25) is 14.8 Å². The normalized spacial score (nSPS) is 18.3. The van der Waals surface area contributed by atoms with Gasteiger partial charge >= 0.3 is 0 Å². The fourth-order valence-corrected chi connectivity index (χ4v) is 4.32. The molecule has 182 valence electrons. The number of nitrogens with zero attached hydrogens (tertiary/aromatic N) is 1. The second-order valence-electron chi connectivity index (χ2n) is 8.56. The molecule has 0 spiro atoms. The van der Waals surface area contributed by atoms with Crippen LogP contribution >= 0.6 is 0 Å². The van der Waals surface area contributed by atoms with Crippen LogP contribution in [0.5, 0.6) is 11.5 Å². The maximum absolute atomic E-state index is 13.5.